The number of carbonyl (C=O) groups excluding carboxylic acids is 1. The van der Waals surface area contributed by atoms with Gasteiger partial charge in [-0.2, -0.15) is 5.10 Å². The lowest BCUT2D eigenvalue weighted by molar-refractivity contribution is 0.0978. The molecular weight excluding hydrogens is 245 g/mol. The van der Waals surface area contributed by atoms with Crippen molar-refractivity contribution < 1.29 is 9.18 Å². The van der Waals surface area contributed by atoms with E-state index in [1.54, 1.807) is 4.68 Å². The predicted molar refractivity (Wildman–Crippen MR) is 69.5 cm³/mol. The highest BCUT2D eigenvalue weighted by molar-refractivity contribution is 5.96. The van der Waals surface area contributed by atoms with Crippen LogP contribution in [0.3, 0.4) is 0 Å². The molecule has 0 spiro atoms. The SMILES string of the molecule is Cc1nn(C)c(C)c1CCC(=O)c1ccncc1F. The molecule has 5 heteroatoms. The second-order valence-corrected chi connectivity index (χ2v) is 4.55. The highest BCUT2D eigenvalue weighted by Gasteiger charge is 2.14. The molecular formula is C14H16FN3O. The number of rotatable bonds is 4. The molecule has 0 radical (unpaired) electrons. The Morgan fingerprint density at radius 3 is 2.74 bits per heavy atom. The Morgan fingerprint density at radius 2 is 2.16 bits per heavy atom. The first-order valence-corrected chi connectivity index (χ1v) is 6.12. The fourth-order valence-electron chi connectivity index (χ4n) is 2.15. The number of hydrogen-bond donors (Lipinski definition) is 0. The summed E-state index contributed by atoms with van der Waals surface area (Å²) in [5.74, 6) is -0.769. The van der Waals surface area contributed by atoms with E-state index >= 15 is 0 Å². The molecule has 19 heavy (non-hydrogen) atoms. The van der Waals surface area contributed by atoms with Crippen LogP contribution in [0, 0.1) is 19.7 Å². The quantitative estimate of drug-likeness (QED) is 0.794. The van der Waals surface area contributed by atoms with Gasteiger partial charge in [-0.3, -0.25) is 14.5 Å². The van der Waals surface area contributed by atoms with E-state index in [4.69, 9.17) is 0 Å². The van der Waals surface area contributed by atoms with Gasteiger partial charge < -0.3 is 0 Å². The van der Waals surface area contributed by atoms with E-state index in [2.05, 4.69) is 10.1 Å². The second kappa shape index (κ2) is 5.30. The van der Waals surface area contributed by atoms with Crippen LogP contribution in [0.5, 0.6) is 0 Å². The highest BCUT2D eigenvalue weighted by atomic mass is 19.1. The Kier molecular flexibility index (Phi) is 3.74. The van der Waals surface area contributed by atoms with Crippen molar-refractivity contribution in [3.05, 3.63) is 46.8 Å². The fraction of sp³-hybridized carbons (Fsp3) is 0.357. The maximum atomic E-state index is 13.4. The largest absolute Gasteiger partial charge is 0.294 e. The third kappa shape index (κ3) is 2.70. The number of pyridine rings is 1. The van der Waals surface area contributed by atoms with E-state index in [0.717, 1.165) is 23.1 Å². The normalized spacial score (nSPS) is 10.7. The summed E-state index contributed by atoms with van der Waals surface area (Å²) in [4.78, 5) is 15.6. The van der Waals surface area contributed by atoms with Gasteiger partial charge in [0.05, 0.1) is 17.5 Å². The Morgan fingerprint density at radius 1 is 1.42 bits per heavy atom. The third-order valence-corrected chi connectivity index (χ3v) is 3.33. The molecule has 0 aromatic carbocycles. The summed E-state index contributed by atoms with van der Waals surface area (Å²) < 4.78 is 15.2. The van der Waals surface area contributed by atoms with Crippen LogP contribution in [0.15, 0.2) is 18.5 Å². The van der Waals surface area contributed by atoms with Gasteiger partial charge in [-0.05, 0) is 31.9 Å². The van der Waals surface area contributed by atoms with Crippen LogP contribution >= 0.6 is 0 Å². The van der Waals surface area contributed by atoms with Gasteiger partial charge >= 0.3 is 0 Å². The summed E-state index contributed by atoms with van der Waals surface area (Å²) in [6.45, 7) is 3.88. The van der Waals surface area contributed by atoms with Crippen molar-refractivity contribution >= 4 is 5.78 Å². The number of aryl methyl sites for hydroxylation is 2. The molecule has 100 valence electrons. The number of carbonyl (C=O) groups is 1. The summed E-state index contributed by atoms with van der Waals surface area (Å²) in [5.41, 5.74) is 3.13. The molecule has 0 atom stereocenters. The topological polar surface area (TPSA) is 47.8 Å². The summed E-state index contributed by atoms with van der Waals surface area (Å²) in [7, 11) is 1.87. The van der Waals surface area contributed by atoms with Crippen molar-refractivity contribution in [3.8, 4) is 0 Å². The average molecular weight is 261 g/mol. The molecule has 0 fully saturated rings. The third-order valence-electron chi connectivity index (χ3n) is 3.33. The van der Waals surface area contributed by atoms with Crippen molar-refractivity contribution in [2.75, 3.05) is 0 Å². The molecule has 0 N–H and O–H groups in total. The minimum atomic E-state index is -0.563. The minimum Gasteiger partial charge on any atom is -0.294 e. The second-order valence-electron chi connectivity index (χ2n) is 4.55. The van der Waals surface area contributed by atoms with E-state index in [-0.39, 0.29) is 17.8 Å². The van der Waals surface area contributed by atoms with Gasteiger partial charge in [-0.1, -0.05) is 0 Å². The lowest BCUT2D eigenvalue weighted by Crippen LogP contribution is -2.05. The van der Waals surface area contributed by atoms with Gasteiger partial charge in [0.2, 0.25) is 0 Å². The molecule has 0 bridgehead atoms. The summed E-state index contributed by atoms with van der Waals surface area (Å²) >= 11 is 0. The van der Waals surface area contributed by atoms with Crippen LogP contribution in [0.25, 0.3) is 0 Å². The Hall–Kier alpha value is -2.04. The van der Waals surface area contributed by atoms with E-state index in [9.17, 15) is 9.18 Å². The maximum Gasteiger partial charge on any atom is 0.166 e. The summed E-state index contributed by atoms with van der Waals surface area (Å²) in [5, 5.41) is 4.30. The van der Waals surface area contributed by atoms with Crippen molar-refractivity contribution in [1.29, 1.82) is 0 Å². The molecule has 0 amide bonds. The van der Waals surface area contributed by atoms with Crippen molar-refractivity contribution in [1.82, 2.24) is 14.8 Å². The van der Waals surface area contributed by atoms with Gasteiger partial charge in [-0.15, -0.1) is 0 Å². The first-order chi connectivity index (χ1) is 9.00. The van der Waals surface area contributed by atoms with Crippen molar-refractivity contribution in [2.45, 2.75) is 26.7 Å². The standard InChI is InChI=1S/C14H16FN3O/c1-9-11(10(2)18(3)17-9)4-5-14(19)12-6-7-16-8-13(12)15/h6-8H,4-5H2,1-3H3. The van der Waals surface area contributed by atoms with Crippen LogP contribution in [0.2, 0.25) is 0 Å². The lowest BCUT2D eigenvalue weighted by Gasteiger charge is -2.03. The molecule has 2 heterocycles. The summed E-state index contributed by atoms with van der Waals surface area (Å²) in [6, 6.07) is 1.42. The van der Waals surface area contributed by atoms with E-state index in [0.29, 0.717) is 6.42 Å². The van der Waals surface area contributed by atoms with Gasteiger partial charge in [0.25, 0.3) is 0 Å². The minimum absolute atomic E-state index is 0.106. The highest BCUT2D eigenvalue weighted by Crippen LogP contribution is 2.16. The van der Waals surface area contributed by atoms with Gasteiger partial charge in [0, 0.05) is 25.4 Å². The molecule has 0 saturated carbocycles. The molecule has 0 aliphatic carbocycles. The number of nitrogens with zero attached hydrogens (tertiary/aromatic N) is 3. The van der Waals surface area contributed by atoms with Gasteiger partial charge in [0.1, 0.15) is 0 Å². The first kappa shape index (κ1) is 13.4. The first-order valence-electron chi connectivity index (χ1n) is 6.12. The van der Waals surface area contributed by atoms with Crippen LogP contribution in [0.1, 0.15) is 33.7 Å². The predicted octanol–water partition coefficient (Wildman–Crippen LogP) is 2.39. The fourth-order valence-corrected chi connectivity index (χ4v) is 2.15. The number of Topliss-reactive ketones (excluding diaryl/α,β-unsaturated/α-hetero) is 1. The zero-order chi connectivity index (χ0) is 14.0. The van der Waals surface area contributed by atoms with Crippen LogP contribution < -0.4 is 0 Å². The maximum absolute atomic E-state index is 13.4. The number of ketones is 1. The average Bonchev–Trinajstić information content (AvgIpc) is 2.61. The Balaban J connectivity index is 2.11. The molecule has 0 aliphatic rings. The number of halogens is 1. The molecule has 2 aromatic heterocycles. The smallest absolute Gasteiger partial charge is 0.166 e. The van der Waals surface area contributed by atoms with Crippen LogP contribution in [-0.4, -0.2) is 20.5 Å². The molecule has 0 saturated heterocycles. The zero-order valence-corrected chi connectivity index (χ0v) is 11.3. The number of hydrogen-bond acceptors (Lipinski definition) is 3. The van der Waals surface area contributed by atoms with Crippen molar-refractivity contribution in [2.24, 2.45) is 7.05 Å². The van der Waals surface area contributed by atoms with E-state index < -0.39 is 5.82 Å². The number of aromatic nitrogens is 3. The van der Waals surface area contributed by atoms with Crippen molar-refractivity contribution in [3.63, 3.8) is 0 Å². The van der Waals surface area contributed by atoms with E-state index in [1.165, 1.54) is 12.3 Å². The molecule has 2 rings (SSSR count). The van der Waals surface area contributed by atoms with E-state index in [1.807, 2.05) is 20.9 Å². The monoisotopic (exact) mass is 261 g/mol. The summed E-state index contributed by atoms with van der Waals surface area (Å²) in [6.07, 6.45) is 3.34. The van der Waals surface area contributed by atoms with Crippen LogP contribution in [-0.2, 0) is 13.5 Å². The zero-order valence-electron chi connectivity index (χ0n) is 11.3. The molecule has 4 nitrogen and oxygen atoms in total. The molecule has 0 aliphatic heterocycles. The molecule has 2 aromatic rings. The molecule has 0 unspecified atom stereocenters. The Bertz CT molecular complexity index is 619. The Labute approximate surface area is 111 Å². The van der Waals surface area contributed by atoms with Gasteiger partial charge in [-0.25, -0.2) is 4.39 Å². The lowest BCUT2D eigenvalue weighted by atomic mass is 10.0. The van der Waals surface area contributed by atoms with Crippen LogP contribution in [0.4, 0.5) is 4.39 Å². The van der Waals surface area contributed by atoms with Gasteiger partial charge in [0.15, 0.2) is 11.6 Å².